The van der Waals surface area contributed by atoms with Crippen molar-refractivity contribution < 1.29 is 27.9 Å². The molecule has 0 aliphatic carbocycles. The zero-order valence-corrected chi connectivity index (χ0v) is 9.44. The predicted octanol–water partition coefficient (Wildman–Crippen LogP) is 2.25. The van der Waals surface area contributed by atoms with Gasteiger partial charge in [-0.15, -0.1) is 0 Å². The van der Waals surface area contributed by atoms with Crippen LogP contribution in [0.2, 0.25) is 0 Å². The molecule has 2 aromatic rings. The highest BCUT2D eigenvalue weighted by molar-refractivity contribution is 5.86. The number of benzene rings is 1. The van der Waals surface area contributed by atoms with Gasteiger partial charge in [-0.25, -0.2) is 13.6 Å². The maximum Gasteiger partial charge on any atom is 0.358 e. The highest BCUT2D eigenvalue weighted by Crippen LogP contribution is 2.39. The number of halogens is 2. The van der Waals surface area contributed by atoms with E-state index in [4.69, 9.17) is 14.4 Å². The number of ether oxygens (including phenoxy) is 1. The number of hydrogen-bond donors (Lipinski definition) is 1. The van der Waals surface area contributed by atoms with Crippen LogP contribution in [0.1, 0.15) is 16.1 Å². The Balaban J connectivity index is 2.19. The largest absolute Gasteiger partial charge is 0.490 e. The fourth-order valence-electron chi connectivity index (χ4n) is 2.06. The normalized spacial score (nSPS) is 13.2. The van der Waals surface area contributed by atoms with E-state index < -0.39 is 17.6 Å². The highest BCUT2D eigenvalue weighted by Gasteiger charge is 2.27. The lowest BCUT2D eigenvalue weighted by molar-refractivity contribution is 0.0686. The first kappa shape index (κ1) is 11.6. The smallest absolute Gasteiger partial charge is 0.358 e. The molecule has 0 unspecified atom stereocenters. The van der Waals surface area contributed by atoms with Gasteiger partial charge in [0, 0.05) is 24.1 Å². The topological polar surface area (TPSA) is 72.6 Å². The van der Waals surface area contributed by atoms with Crippen LogP contribution in [-0.4, -0.2) is 22.8 Å². The summed E-state index contributed by atoms with van der Waals surface area (Å²) < 4.78 is 37.2. The molecule has 7 heteroatoms. The van der Waals surface area contributed by atoms with Crippen molar-refractivity contribution in [3.8, 4) is 17.1 Å². The van der Waals surface area contributed by atoms with Crippen LogP contribution < -0.4 is 4.74 Å². The van der Waals surface area contributed by atoms with Crippen molar-refractivity contribution in [2.75, 3.05) is 6.61 Å². The van der Waals surface area contributed by atoms with Gasteiger partial charge in [0.1, 0.15) is 5.82 Å². The van der Waals surface area contributed by atoms with Crippen LogP contribution in [0.4, 0.5) is 8.78 Å². The molecular formula is C12H7F2NO4. The lowest BCUT2D eigenvalue weighted by atomic mass is 10.0. The molecule has 0 fully saturated rings. The van der Waals surface area contributed by atoms with Gasteiger partial charge in [-0.2, -0.15) is 0 Å². The monoisotopic (exact) mass is 267 g/mol. The Hall–Kier alpha value is -2.44. The second kappa shape index (κ2) is 4.04. The van der Waals surface area contributed by atoms with E-state index in [2.05, 4.69) is 5.16 Å². The number of aromatic carboxylic acids is 1. The van der Waals surface area contributed by atoms with Crippen LogP contribution >= 0.6 is 0 Å². The number of carboxylic acid groups (broad SMARTS) is 1. The van der Waals surface area contributed by atoms with Crippen LogP contribution in [-0.2, 0) is 6.42 Å². The summed E-state index contributed by atoms with van der Waals surface area (Å²) in [5.74, 6) is -2.99. The van der Waals surface area contributed by atoms with Crippen LogP contribution in [0.15, 0.2) is 16.7 Å². The Labute approximate surface area is 105 Å². The molecule has 2 heterocycles. The van der Waals surface area contributed by atoms with E-state index in [1.54, 1.807) is 0 Å². The van der Waals surface area contributed by atoms with Gasteiger partial charge in [0.05, 0.1) is 12.2 Å². The molecule has 0 atom stereocenters. The molecule has 3 rings (SSSR count). The molecule has 0 radical (unpaired) electrons. The van der Waals surface area contributed by atoms with Gasteiger partial charge >= 0.3 is 5.97 Å². The zero-order chi connectivity index (χ0) is 13.6. The van der Waals surface area contributed by atoms with Crippen molar-refractivity contribution in [3.05, 3.63) is 35.0 Å². The van der Waals surface area contributed by atoms with Crippen molar-refractivity contribution in [3.63, 3.8) is 0 Å². The van der Waals surface area contributed by atoms with Crippen molar-refractivity contribution in [2.45, 2.75) is 6.42 Å². The van der Waals surface area contributed by atoms with Crippen LogP contribution in [0, 0.1) is 11.6 Å². The van der Waals surface area contributed by atoms with Gasteiger partial charge in [0.2, 0.25) is 0 Å². The molecular weight excluding hydrogens is 260 g/mol. The van der Waals surface area contributed by atoms with Crippen molar-refractivity contribution in [2.24, 2.45) is 0 Å². The number of aromatic nitrogens is 1. The number of hydrogen-bond acceptors (Lipinski definition) is 4. The Bertz CT molecular complexity index is 681. The molecule has 1 aromatic carbocycles. The minimum Gasteiger partial charge on any atom is -0.490 e. The molecule has 0 saturated carbocycles. The third kappa shape index (κ3) is 1.74. The molecule has 1 aliphatic heterocycles. The Morgan fingerprint density at radius 1 is 1.32 bits per heavy atom. The standard InChI is InChI=1S/C12H7F2NO4/c13-6-3-7(14)11-5(1-2-18-11)10(6)9-4-8(12(16)17)15-19-9/h3-4H,1-2H2,(H,16,17). The quantitative estimate of drug-likeness (QED) is 0.903. The maximum atomic E-state index is 13.9. The first-order valence-corrected chi connectivity index (χ1v) is 5.42. The van der Waals surface area contributed by atoms with E-state index in [9.17, 15) is 13.6 Å². The fraction of sp³-hybridized carbons (Fsp3) is 0.167. The summed E-state index contributed by atoms with van der Waals surface area (Å²) in [5, 5.41) is 12.1. The first-order chi connectivity index (χ1) is 9.08. The fourth-order valence-corrected chi connectivity index (χ4v) is 2.06. The molecule has 19 heavy (non-hydrogen) atoms. The third-order valence-electron chi connectivity index (χ3n) is 2.86. The number of carbonyl (C=O) groups is 1. The Morgan fingerprint density at radius 3 is 2.79 bits per heavy atom. The summed E-state index contributed by atoms with van der Waals surface area (Å²) in [6, 6.07) is 1.78. The van der Waals surface area contributed by atoms with Crippen LogP contribution in [0.25, 0.3) is 11.3 Å². The van der Waals surface area contributed by atoms with E-state index in [-0.39, 0.29) is 29.4 Å². The van der Waals surface area contributed by atoms with Gasteiger partial charge in [-0.05, 0) is 0 Å². The minimum absolute atomic E-state index is 0.00565. The van der Waals surface area contributed by atoms with Crippen LogP contribution in [0.3, 0.4) is 0 Å². The molecule has 1 aliphatic rings. The lowest BCUT2D eigenvalue weighted by Crippen LogP contribution is -1.95. The first-order valence-electron chi connectivity index (χ1n) is 5.42. The van der Waals surface area contributed by atoms with Crippen molar-refractivity contribution >= 4 is 5.97 Å². The summed E-state index contributed by atoms with van der Waals surface area (Å²) in [6.45, 7) is 0.239. The van der Waals surface area contributed by atoms with Crippen LogP contribution in [0.5, 0.6) is 5.75 Å². The molecule has 5 nitrogen and oxygen atoms in total. The minimum atomic E-state index is -1.29. The van der Waals surface area contributed by atoms with Gasteiger partial charge < -0.3 is 14.4 Å². The lowest BCUT2D eigenvalue weighted by Gasteiger charge is -2.06. The molecule has 1 N–H and O–H groups in total. The molecule has 0 saturated heterocycles. The molecule has 0 amide bonds. The van der Waals surface area contributed by atoms with E-state index in [1.165, 1.54) is 0 Å². The third-order valence-corrected chi connectivity index (χ3v) is 2.86. The molecule has 98 valence electrons. The SMILES string of the molecule is O=C(O)c1cc(-c2c(F)cc(F)c3c2CCO3)on1. The summed E-state index contributed by atoms with van der Waals surface area (Å²) in [4.78, 5) is 10.7. The average Bonchev–Trinajstić information content (AvgIpc) is 2.97. The van der Waals surface area contributed by atoms with E-state index in [0.717, 1.165) is 6.07 Å². The summed E-state index contributed by atoms with van der Waals surface area (Å²) in [7, 11) is 0. The van der Waals surface area contributed by atoms with E-state index >= 15 is 0 Å². The van der Waals surface area contributed by atoms with Crippen molar-refractivity contribution in [1.82, 2.24) is 5.16 Å². The molecule has 0 bridgehead atoms. The predicted molar refractivity (Wildman–Crippen MR) is 58.0 cm³/mol. The van der Waals surface area contributed by atoms with Gasteiger partial charge in [0.25, 0.3) is 0 Å². The second-order valence-electron chi connectivity index (χ2n) is 4.00. The number of rotatable bonds is 2. The van der Waals surface area contributed by atoms with Gasteiger partial charge in [0.15, 0.2) is 23.0 Å². The maximum absolute atomic E-state index is 13.9. The van der Waals surface area contributed by atoms with E-state index in [1.807, 2.05) is 0 Å². The zero-order valence-electron chi connectivity index (χ0n) is 9.44. The van der Waals surface area contributed by atoms with Gasteiger partial charge in [-0.3, -0.25) is 0 Å². The van der Waals surface area contributed by atoms with E-state index in [0.29, 0.717) is 18.1 Å². The Kier molecular flexibility index (Phi) is 2.48. The summed E-state index contributed by atoms with van der Waals surface area (Å²) >= 11 is 0. The van der Waals surface area contributed by atoms with Gasteiger partial charge in [-0.1, -0.05) is 5.16 Å². The Morgan fingerprint density at radius 2 is 2.11 bits per heavy atom. The molecule has 1 aromatic heterocycles. The van der Waals surface area contributed by atoms with Crippen molar-refractivity contribution in [1.29, 1.82) is 0 Å². The molecule has 0 spiro atoms. The average molecular weight is 267 g/mol. The summed E-state index contributed by atoms with van der Waals surface area (Å²) in [6.07, 6.45) is 0.322. The number of carboxylic acids is 1. The summed E-state index contributed by atoms with van der Waals surface area (Å²) in [5.41, 5.74) is -0.0223. The number of fused-ring (bicyclic) bond motifs is 1. The number of nitrogens with zero attached hydrogens (tertiary/aromatic N) is 1. The highest BCUT2D eigenvalue weighted by atomic mass is 19.1. The second-order valence-corrected chi connectivity index (χ2v) is 4.00.